The van der Waals surface area contributed by atoms with E-state index in [0.717, 1.165) is 44.9 Å². The molecule has 2 N–H and O–H groups in total. The number of fused-ring (bicyclic) bond motifs is 1. The first kappa shape index (κ1) is 25.5. The van der Waals surface area contributed by atoms with Crippen molar-refractivity contribution in [1.82, 2.24) is 0 Å². The second-order valence-electron chi connectivity index (χ2n) is 13.1. The molecule has 0 aromatic carbocycles. The smallest absolute Gasteiger partial charge is 0.163 e. The lowest BCUT2D eigenvalue weighted by molar-refractivity contribution is -0.292. The standard InChI is InChI=1S/C27H50O4/c1-19-18-30-24(5,6)31-21(19)12-15-25(7,28)16-17-26(8)20(2)10-11-22-23(3,4)13-9-14-27(22,26)29/h19-22,28-29H,9-18H2,1-8H3/t19-,20-,21+,22+,25+,26-,27+/m1/s1. The van der Waals surface area contributed by atoms with E-state index < -0.39 is 17.0 Å². The highest BCUT2D eigenvalue weighted by Gasteiger charge is 2.61. The van der Waals surface area contributed by atoms with Crippen molar-refractivity contribution in [2.24, 2.45) is 28.6 Å². The van der Waals surface area contributed by atoms with Crippen molar-refractivity contribution in [3.63, 3.8) is 0 Å². The van der Waals surface area contributed by atoms with Crippen molar-refractivity contribution >= 4 is 0 Å². The van der Waals surface area contributed by atoms with Gasteiger partial charge < -0.3 is 19.7 Å². The molecule has 4 nitrogen and oxygen atoms in total. The van der Waals surface area contributed by atoms with E-state index >= 15 is 0 Å². The van der Waals surface area contributed by atoms with Gasteiger partial charge in [0.25, 0.3) is 0 Å². The molecule has 0 radical (unpaired) electrons. The van der Waals surface area contributed by atoms with E-state index in [1.165, 1.54) is 12.8 Å². The molecule has 182 valence electrons. The lowest BCUT2D eigenvalue weighted by atomic mass is 9.45. The van der Waals surface area contributed by atoms with Crippen molar-refractivity contribution in [2.75, 3.05) is 6.61 Å². The van der Waals surface area contributed by atoms with Crippen LogP contribution in [0.15, 0.2) is 0 Å². The third-order valence-corrected chi connectivity index (χ3v) is 9.78. The average molecular weight is 439 g/mol. The molecule has 1 aliphatic heterocycles. The van der Waals surface area contributed by atoms with Crippen LogP contribution in [0, 0.1) is 28.6 Å². The van der Waals surface area contributed by atoms with E-state index in [4.69, 9.17) is 9.47 Å². The zero-order valence-electron chi connectivity index (χ0n) is 21.6. The summed E-state index contributed by atoms with van der Waals surface area (Å²) in [4.78, 5) is 0. The number of rotatable bonds is 6. The third-order valence-electron chi connectivity index (χ3n) is 9.78. The van der Waals surface area contributed by atoms with Crippen LogP contribution in [0.2, 0.25) is 0 Å². The first-order valence-corrected chi connectivity index (χ1v) is 12.9. The Balaban J connectivity index is 1.66. The molecule has 1 saturated heterocycles. The molecule has 1 heterocycles. The molecular weight excluding hydrogens is 388 g/mol. The van der Waals surface area contributed by atoms with E-state index in [1.807, 2.05) is 20.8 Å². The summed E-state index contributed by atoms with van der Waals surface area (Å²) in [6, 6.07) is 0. The molecule has 0 amide bonds. The summed E-state index contributed by atoms with van der Waals surface area (Å²) in [5.41, 5.74) is -1.32. The van der Waals surface area contributed by atoms with Crippen molar-refractivity contribution in [3.8, 4) is 0 Å². The van der Waals surface area contributed by atoms with Crippen molar-refractivity contribution in [2.45, 2.75) is 136 Å². The predicted octanol–water partition coefficient (Wildman–Crippen LogP) is 6.08. The van der Waals surface area contributed by atoms with Gasteiger partial charge in [-0.05, 0) is 94.8 Å². The van der Waals surface area contributed by atoms with Gasteiger partial charge in [0.15, 0.2) is 5.79 Å². The van der Waals surface area contributed by atoms with Crippen molar-refractivity contribution < 1.29 is 19.7 Å². The Morgan fingerprint density at radius 2 is 1.68 bits per heavy atom. The maximum atomic E-state index is 12.1. The summed E-state index contributed by atoms with van der Waals surface area (Å²) in [5, 5.41) is 23.4. The van der Waals surface area contributed by atoms with E-state index in [2.05, 4.69) is 34.6 Å². The van der Waals surface area contributed by atoms with Gasteiger partial charge in [0.05, 0.1) is 23.9 Å². The van der Waals surface area contributed by atoms with Gasteiger partial charge in [-0.3, -0.25) is 0 Å². The maximum absolute atomic E-state index is 12.1. The zero-order chi connectivity index (χ0) is 23.3. The fourth-order valence-corrected chi connectivity index (χ4v) is 7.15. The van der Waals surface area contributed by atoms with Gasteiger partial charge in [0.2, 0.25) is 0 Å². The highest BCUT2D eigenvalue weighted by molar-refractivity contribution is 5.11. The fourth-order valence-electron chi connectivity index (χ4n) is 7.15. The Morgan fingerprint density at radius 1 is 1.00 bits per heavy atom. The van der Waals surface area contributed by atoms with Crippen molar-refractivity contribution in [3.05, 3.63) is 0 Å². The molecule has 2 aliphatic carbocycles. The quantitative estimate of drug-likeness (QED) is 0.528. The molecule has 3 rings (SSSR count). The van der Waals surface area contributed by atoms with Gasteiger partial charge in [-0.25, -0.2) is 0 Å². The highest BCUT2D eigenvalue weighted by Crippen LogP contribution is 2.62. The minimum Gasteiger partial charge on any atom is -0.390 e. The first-order valence-electron chi connectivity index (χ1n) is 12.9. The second-order valence-corrected chi connectivity index (χ2v) is 13.1. The molecule has 7 atom stereocenters. The van der Waals surface area contributed by atoms with Gasteiger partial charge >= 0.3 is 0 Å². The SMILES string of the molecule is C[C@@H]1COC(C)(C)O[C@H]1CC[C@](C)(O)CC[C@]1(C)[C@H](C)CC[C@H]2C(C)(C)CCC[C@]21O. The molecule has 0 unspecified atom stereocenters. The van der Waals surface area contributed by atoms with Gasteiger partial charge in [-0.15, -0.1) is 0 Å². The molecule has 4 heteroatoms. The zero-order valence-corrected chi connectivity index (χ0v) is 21.6. The Morgan fingerprint density at radius 3 is 2.35 bits per heavy atom. The third kappa shape index (κ3) is 5.03. The van der Waals surface area contributed by atoms with Crippen LogP contribution in [0.25, 0.3) is 0 Å². The molecule has 0 spiro atoms. The minimum atomic E-state index is -0.748. The van der Waals surface area contributed by atoms with E-state index in [-0.39, 0.29) is 16.9 Å². The number of aliphatic hydroxyl groups is 2. The Bertz CT molecular complexity index is 627. The summed E-state index contributed by atoms with van der Waals surface area (Å²) in [7, 11) is 0. The minimum absolute atomic E-state index is 0.118. The van der Waals surface area contributed by atoms with Crippen LogP contribution in [-0.4, -0.2) is 39.9 Å². The Kier molecular flexibility index (Phi) is 7.03. The topological polar surface area (TPSA) is 58.9 Å². The predicted molar refractivity (Wildman–Crippen MR) is 126 cm³/mol. The number of hydrogen-bond donors (Lipinski definition) is 2. The van der Waals surface area contributed by atoms with Gasteiger partial charge in [-0.2, -0.15) is 0 Å². The fraction of sp³-hybridized carbons (Fsp3) is 1.00. The summed E-state index contributed by atoms with van der Waals surface area (Å²) in [6.07, 6.45) is 8.81. The highest BCUT2D eigenvalue weighted by atomic mass is 16.7. The number of hydrogen-bond acceptors (Lipinski definition) is 4. The molecule has 2 saturated carbocycles. The van der Waals surface area contributed by atoms with Gasteiger partial charge in [0, 0.05) is 5.92 Å². The number of ether oxygens (including phenoxy) is 2. The largest absolute Gasteiger partial charge is 0.390 e. The molecule has 0 bridgehead atoms. The van der Waals surface area contributed by atoms with Gasteiger partial charge in [-0.1, -0.05) is 41.0 Å². The Labute approximate surface area is 191 Å². The summed E-state index contributed by atoms with van der Waals surface area (Å²) >= 11 is 0. The lowest BCUT2D eigenvalue weighted by Gasteiger charge is -2.63. The molecule has 3 aliphatic rings. The van der Waals surface area contributed by atoms with E-state index in [9.17, 15) is 10.2 Å². The van der Waals surface area contributed by atoms with Crippen LogP contribution in [-0.2, 0) is 9.47 Å². The van der Waals surface area contributed by atoms with Crippen LogP contribution < -0.4 is 0 Å². The van der Waals surface area contributed by atoms with E-state index in [1.54, 1.807) is 0 Å². The second kappa shape index (κ2) is 8.56. The van der Waals surface area contributed by atoms with Gasteiger partial charge in [0.1, 0.15) is 0 Å². The molecule has 31 heavy (non-hydrogen) atoms. The van der Waals surface area contributed by atoms with Crippen LogP contribution in [0.1, 0.15) is 113 Å². The van der Waals surface area contributed by atoms with Crippen LogP contribution in [0.4, 0.5) is 0 Å². The first-order chi connectivity index (χ1) is 14.1. The lowest BCUT2D eigenvalue weighted by Crippen LogP contribution is -2.63. The molecule has 3 fully saturated rings. The van der Waals surface area contributed by atoms with Crippen LogP contribution in [0.3, 0.4) is 0 Å². The summed E-state index contributed by atoms with van der Waals surface area (Å²) in [5.74, 6) is 0.627. The van der Waals surface area contributed by atoms with E-state index in [0.29, 0.717) is 24.4 Å². The molecular formula is C27H50O4. The summed E-state index contributed by atoms with van der Waals surface area (Å²) < 4.78 is 11.9. The van der Waals surface area contributed by atoms with Crippen molar-refractivity contribution in [1.29, 1.82) is 0 Å². The molecule has 0 aromatic rings. The molecule has 0 aromatic heterocycles. The monoisotopic (exact) mass is 438 g/mol. The van der Waals surface area contributed by atoms with Crippen LogP contribution in [0.5, 0.6) is 0 Å². The maximum Gasteiger partial charge on any atom is 0.163 e. The average Bonchev–Trinajstić information content (AvgIpc) is 2.65. The van der Waals surface area contributed by atoms with Crippen LogP contribution >= 0.6 is 0 Å². The normalized spacial score (nSPS) is 44.3. The Hall–Kier alpha value is -0.160. The summed E-state index contributed by atoms with van der Waals surface area (Å²) in [6.45, 7) is 18.1.